The van der Waals surface area contributed by atoms with Crippen LogP contribution in [0.5, 0.6) is 0 Å². The van der Waals surface area contributed by atoms with Gasteiger partial charge in [-0.2, -0.15) is 5.10 Å². The van der Waals surface area contributed by atoms with Gasteiger partial charge < -0.3 is 4.74 Å². The Hall–Kier alpha value is -3.26. The van der Waals surface area contributed by atoms with E-state index in [9.17, 15) is 8.78 Å². The number of aromatic nitrogens is 5. The van der Waals surface area contributed by atoms with E-state index in [1.54, 1.807) is 10.9 Å². The summed E-state index contributed by atoms with van der Waals surface area (Å²) in [6.45, 7) is 2.44. The van der Waals surface area contributed by atoms with E-state index < -0.39 is 11.6 Å². The van der Waals surface area contributed by atoms with Gasteiger partial charge in [0.1, 0.15) is 17.5 Å². The van der Waals surface area contributed by atoms with Gasteiger partial charge in [-0.3, -0.25) is 4.68 Å². The molecule has 8 heteroatoms. The minimum absolute atomic E-state index is 0.0212. The van der Waals surface area contributed by atoms with Gasteiger partial charge in [-0.25, -0.2) is 23.7 Å². The molecule has 0 amide bonds. The lowest BCUT2D eigenvalue weighted by Gasteiger charge is -2.28. The molecule has 2 atom stereocenters. The summed E-state index contributed by atoms with van der Waals surface area (Å²) in [6.07, 6.45) is 5.08. The third kappa shape index (κ3) is 3.79. The van der Waals surface area contributed by atoms with Crippen molar-refractivity contribution >= 4 is 11.0 Å². The molecule has 158 valence electrons. The van der Waals surface area contributed by atoms with E-state index in [2.05, 4.69) is 10.1 Å². The number of aryl methyl sites for hydroxylation is 2. The second kappa shape index (κ2) is 7.77. The van der Waals surface area contributed by atoms with E-state index >= 15 is 0 Å². The molecule has 3 aromatic heterocycles. The van der Waals surface area contributed by atoms with Crippen molar-refractivity contribution in [2.45, 2.75) is 31.8 Å². The standard InChI is InChI=1S/C23H21F2N5O/c1-13-3-5-18-21(17-6-4-16(24)10-19(17)25)28-22(29-23(18)27-13)14-7-8-31-20(9-14)15-11-26-30(2)12-15/h3-6,10-12,14,20H,7-9H2,1-2H3/t14-,20+/m0/s1. The summed E-state index contributed by atoms with van der Waals surface area (Å²) in [5.41, 5.74) is 2.98. The third-order valence-electron chi connectivity index (χ3n) is 5.65. The first-order chi connectivity index (χ1) is 15.0. The fourth-order valence-electron chi connectivity index (χ4n) is 4.06. The molecule has 0 spiro atoms. The molecule has 1 aliphatic rings. The summed E-state index contributed by atoms with van der Waals surface area (Å²) >= 11 is 0. The van der Waals surface area contributed by atoms with E-state index in [0.29, 0.717) is 35.6 Å². The molecular weight excluding hydrogens is 400 g/mol. The van der Waals surface area contributed by atoms with Crippen LogP contribution in [0.2, 0.25) is 0 Å². The van der Waals surface area contributed by atoms with Gasteiger partial charge in [-0.05, 0) is 44.0 Å². The minimum Gasteiger partial charge on any atom is -0.373 e. The van der Waals surface area contributed by atoms with Crippen molar-refractivity contribution < 1.29 is 13.5 Å². The number of pyridine rings is 1. The van der Waals surface area contributed by atoms with Crippen LogP contribution in [0.25, 0.3) is 22.3 Å². The highest BCUT2D eigenvalue weighted by Crippen LogP contribution is 2.38. The Morgan fingerprint density at radius 2 is 1.97 bits per heavy atom. The monoisotopic (exact) mass is 421 g/mol. The number of benzene rings is 1. The van der Waals surface area contributed by atoms with Crippen molar-refractivity contribution in [2.24, 2.45) is 7.05 Å². The first-order valence-corrected chi connectivity index (χ1v) is 10.2. The average molecular weight is 421 g/mol. The normalized spacial score (nSPS) is 19.1. The molecule has 1 fully saturated rings. The fourth-order valence-corrected chi connectivity index (χ4v) is 4.06. The van der Waals surface area contributed by atoms with Crippen LogP contribution in [0, 0.1) is 18.6 Å². The van der Waals surface area contributed by atoms with E-state index in [1.165, 1.54) is 12.1 Å². The quantitative estimate of drug-likeness (QED) is 0.482. The number of hydrogen-bond donors (Lipinski definition) is 0. The molecule has 1 saturated heterocycles. The van der Waals surface area contributed by atoms with Gasteiger partial charge in [-0.15, -0.1) is 0 Å². The molecule has 6 nitrogen and oxygen atoms in total. The second-order valence-corrected chi connectivity index (χ2v) is 7.91. The maximum Gasteiger partial charge on any atom is 0.163 e. The molecule has 0 radical (unpaired) electrons. The Kier molecular flexibility index (Phi) is 4.94. The lowest BCUT2D eigenvalue weighted by molar-refractivity contribution is 0.00398. The van der Waals surface area contributed by atoms with Crippen LogP contribution < -0.4 is 0 Å². The van der Waals surface area contributed by atoms with Crippen LogP contribution in [-0.2, 0) is 11.8 Å². The Morgan fingerprint density at radius 3 is 2.74 bits per heavy atom. The van der Waals surface area contributed by atoms with Crippen molar-refractivity contribution in [3.05, 3.63) is 71.4 Å². The molecule has 1 aliphatic heterocycles. The van der Waals surface area contributed by atoms with E-state index in [0.717, 1.165) is 23.7 Å². The Balaban J connectivity index is 1.60. The molecule has 0 saturated carbocycles. The first-order valence-electron chi connectivity index (χ1n) is 10.2. The topological polar surface area (TPSA) is 65.7 Å². The maximum absolute atomic E-state index is 14.7. The largest absolute Gasteiger partial charge is 0.373 e. The predicted octanol–water partition coefficient (Wildman–Crippen LogP) is 4.65. The van der Waals surface area contributed by atoms with Crippen LogP contribution in [0.4, 0.5) is 8.78 Å². The molecule has 1 aromatic carbocycles. The molecule has 5 rings (SSSR count). The predicted molar refractivity (Wildman–Crippen MR) is 111 cm³/mol. The van der Waals surface area contributed by atoms with E-state index in [1.807, 2.05) is 32.3 Å². The van der Waals surface area contributed by atoms with Crippen molar-refractivity contribution in [1.82, 2.24) is 24.7 Å². The molecule has 31 heavy (non-hydrogen) atoms. The molecule has 0 bridgehead atoms. The van der Waals surface area contributed by atoms with Crippen LogP contribution in [-0.4, -0.2) is 31.3 Å². The zero-order chi connectivity index (χ0) is 21.5. The summed E-state index contributed by atoms with van der Waals surface area (Å²) in [4.78, 5) is 14.0. The van der Waals surface area contributed by atoms with Crippen LogP contribution in [0.1, 0.15) is 41.9 Å². The van der Waals surface area contributed by atoms with Gasteiger partial charge >= 0.3 is 0 Å². The molecule has 4 heterocycles. The summed E-state index contributed by atoms with van der Waals surface area (Å²) in [7, 11) is 1.87. The molecule has 0 N–H and O–H groups in total. The first kappa shape index (κ1) is 19.7. The highest BCUT2D eigenvalue weighted by Gasteiger charge is 2.29. The number of hydrogen-bond acceptors (Lipinski definition) is 5. The van der Waals surface area contributed by atoms with E-state index in [-0.39, 0.29) is 17.6 Å². The summed E-state index contributed by atoms with van der Waals surface area (Å²) in [5.74, 6) is -0.668. The molecular formula is C23H21F2N5O. The number of rotatable bonds is 3. The van der Waals surface area contributed by atoms with Crippen LogP contribution in [0.3, 0.4) is 0 Å². The van der Waals surface area contributed by atoms with Crippen molar-refractivity contribution in [1.29, 1.82) is 0 Å². The van der Waals surface area contributed by atoms with Crippen LogP contribution >= 0.6 is 0 Å². The van der Waals surface area contributed by atoms with Gasteiger partial charge in [-0.1, -0.05) is 0 Å². The number of ether oxygens (including phenoxy) is 1. The van der Waals surface area contributed by atoms with Gasteiger partial charge in [0.05, 0.1) is 18.0 Å². The summed E-state index contributed by atoms with van der Waals surface area (Å²) in [6, 6.07) is 7.20. The molecule has 0 aliphatic carbocycles. The second-order valence-electron chi connectivity index (χ2n) is 7.91. The zero-order valence-electron chi connectivity index (χ0n) is 17.2. The van der Waals surface area contributed by atoms with Gasteiger partial charge in [0.15, 0.2) is 5.65 Å². The minimum atomic E-state index is -0.660. The van der Waals surface area contributed by atoms with Gasteiger partial charge in [0, 0.05) is 54.0 Å². The lowest BCUT2D eigenvalue weighted by Crippen LogP contribution is -2.20. The molecule has 0 unspecified atom stereocenters. The van der Waals surface area contributed by atoms with Gasteiger partial charge in [0.25, 0.3) is 0 Å². The fraction of sp³-hybridized carbons (Fsp3) is 0.304. The average Bonchev–Trinajstić information content (AvgIpc) is 3.19. The zero-order valence-corrected chi connectivity index (χ0v) is 17.2. The molecule has 4 aromatic rings. The van der Waals surface area contributed by atoms with Crippen LogP contribution in [0.15, 0.2) is 42.7 Å². The Labute approximate surface area is 177 Å². The summed E-state index contributed by atoms with van der Waals surface area (Å²) < 4.78 is 35.9. The highest BCUT2D eigenvalue weighted by atomic mass is 19.1. The SMILES string of the molecule is Cc1ccc2c(-c3ccc(F)cc3F)nc([C@H]3CCO[C@@H](c4cnn(C)c4)C3)nc2n1. The highest BCUT2D eigenvalue weighted by molar-refractivity contribution is 5.90. The van der Waals surface area contributed by atoms with Crippen molar-refractivity contribution in [2.75, 3.05) is 6.61 Å². The maximum atomic E-state index is 14.7. The smallest absolute Gasteiger partial charge is 0.163 e. The summed E-state index contributed by atoms with van der Waals surface area (Å²) in [5, 5.41) is 4.87. The van der Waals surface area contributed by atoms with Crippen molar-refractivity contribution in [3.63, 3.8) is 0 Å². The van der Waals surface area contributed by atoms with E-state index in [4.69, 9.17) is 14.7 Å². The Bertz CT molecular complexity index is 1270. The third-order valence-corrected chi connectivity index (χ3v) is 5.65. The van der Waals surface area contributed by atoms with Gasteiger partial charge in [0.2, 0.25) is 0 Å². The number of halogens is 2. The van der Waals surface area contributed by atoms with Crippen molar-refractivity contribution in [3.8, 4) is 11.3 Å². The number of fused-ring (bicyclic) bond motifs is 1. The number of nitrogens with zero attached hydrogens (tertiary/aromatic N) is 5. The Morgan fingerprint density at radius 1 is 1.10 bits per heavy atom. The lowest BCUT2D eigenvalue weighted by atomic mass is 9.92.